The number of ether oxygens (including phenoxy) is 1. The van der Waals surface area contributed by atoms with Gasteiger partial charge in [-0.15, -0.1) is 0 Å². The molecule has 70 valence electrons. The third-order valence-electron chi connectivity index (χ3n) is 0.910. The number of hydrogen-bond acceptors (Lipinski definition) is 4. The van der Waals surface area contributed by atoms with Gasteiger partial charge in [0, 0.05) is 0 Å². The van der Waals surface area contributed by atoms with Gasteiger partial charge in [-0.3, -0.25) is 10.2 Å². The van der Waals surface area contributed by atoms with Gasteiger partial charge in [0.15, 0.2) is 0 Å². The van der Waals surface area contributed by atoms with E-state index in [0.29, 0.717) is 6.54 Å². The lowest BCUT2D eigenvalue weighted by molar-refractivity contribution is -0.122. The molecule has 0 saturated heterocycles. The topological polar surface area (TPSA) is 129 Å². The molecule has 7 nitrogen and oxygen atoms in total. The Labute approximate surface area is 69.9 Å². The van der Waals surface area contributed by atoms with Crippen molar-refractivity contribution in [2.75, 3.05) is 19.8 Å². The number of amides is 1. The minimum atomic E-state index is -0.510. The Morgan fingerprint density at radius 2 is 2.17 bits per heavy atom. The van der Waals surface area contributed by atoms with Crippen LogP contribution in [0.25, 0.3) is 0 Å². The summed E-state index contributed by atoms with van der Waals surface area (Å²) in [5.41, 5.74) is 12.1. The van der Waals surface area contributed by atoms with E-state index in [1.807, 2.05) is 0 Å². The maximum atomic E-state index is 10.2. The summed E-state index contributed by atoms with van der Waals surface area (Å²) >= 11 is 0. The fraction of sp³-hybridized carbons (Fsp3) is 0.600. The summed E-state index contributed by atoms with van der Waals surface area (Å²) in [4.78, 5) is 13.9. The van der Waals surface area contributed by atoms with E-state index >= 15 is 0 Å². The van der Waals surface area contributed by atoms with Crippen molar-refractivity contribution < 1.29 is 9.53 Å². The molecule has 1 amide bonds. The number of aliphatic imine (C=N–C) groups is 1. The Morgan fingerprint density at radius 1 is 1.50 bits per heavy atom. The van der Waals surface area contributed by atoms with Gasteiger partial charge in [0.05, 0.1) is 13.2 Å². The van der Waals surface area contributed by atoms with Crippen LogP contribution in [0.5, 0.6) is 0 Å². The van der Waals surface area contributed by atoms with Crippen molar-refractivity contribution in [3.8, 4) is 0 Å². The molecule has 0 heterocycles. The van der Waals surface area contributed by atoms with E-state index in [9.17, 15) is 4.79 Å². The number of rotatable bonds is 5. The lowest BCUT2D eigenvalue weighted by atomic mass is 10.6. The van der Waals surface area contributed by atoms with Gasteiger partial charge in [0.1, 0.15) is 6.61 Å². The second-order valence-corrected chi connectivity index (χ2v) is 1.93. The number of guanidine groups is 1. The molecule has 0 saturated carbocycles. The predicted octanol–water partition coefficient (Wildman–Crippen LogP) is -2.73. The highest BCUT2D eigenvalue weighted by Gasteiger charge is 1.92. The Hall–Kier alpha value is -1.34. The molecule has 0 spiro atoms. The van der Waals surface area contributed by atoms with Crippen LogP contribution in [0.1, 0.15) is 0 Å². The van der Waals surface area contributed by atoms with Crippen molar-refractivity contribution in [2.24, 2.45) is 22.3 Å². The Morgan fingerprint density at radius 3 is 2.67 bits per heavy atom. The van der Waals surface area contributed by atoms with Crippen LogP contribution in [0, 0.1) is 0 Å². The van der Waals surface area contributed by atoms with Gasteiger partial charge < -0.3 is 16.2 Å². The molecule has 0 aliphatic heterocycles. The van der Waals surface area contributed by atoms with Gasteiger partial charge in [-0.05, 0) is 0 Å². The highest BCUT2D eigenvalue weighted by atomic mass is 16.5. The predicted molar refractivity (Wildman–Crippen MR) is 43.8 cm³/mol. The maximum Gasteiger partial charge on any atom is 0.243 e. The van der Waals surface area contributed by atoms with E-state index in [4.69, 9.17) is 22.0 Å². The van der Waals surface area contributed by atoms with Gasteiger partial charge >= 0.3 is 0 Å². The van der Waals surface area contributed by atoms with Crippen LogP contribution in [0.2, 0.25) is 0 Å². The summed E-state index contributed by atoms with van der Waals surface area (Å²) in [7, 11) is 0. The molecule has 0 bridgehead atoms. The van der Waals surface area contributed by atoms with Crippen molar-refractivity contribution in [1.82, 2.24) is 5.43 Å². The van der Waals surface area contributed by atoms with Crippen LogP contribution in [-0.2, 0) is 9.53 Å². The van der Waals surface area contributed by atoms with Crippen LogP contribution in [0.15, 0.2) is 4.99 Å². The molecule has 0 radical (unpaired) electrons. The first-order valence-corrected chi connectivity index (χ1v) is 3.29. The number of nitrogens with one attached hydrogen (secondary N) is 1. The standard InChI is InChI=1S/C5H13N5O2/c6-4(11)3-12-2-1-9-5(7)10-8/h1-3,8H2,(H2,6,11)(H3,7,9,10). The van der Waals surface area contributed by atoms with Crippen LogP contribution >= 0.6 is 0 Å². The first-order valence-electron chi connectivity index (χ1n) is 3.29. The van der Waals surface area contributed by atoms with Gasteiger partial charge in [-0.2, -0.15) is 0 Å². The maximum absolute atomic E-state index is 10.2. The SMILES string of the molecule is NNC(N)=NCCOCC(N)=O. The monoisotopic (exact) mass is 175 g/mol. The lowest BCUT2D eigenvalue weighted by Gasteiger charge is -1.99. The highest BCUT2D eigenvalue weighted by molar-refractivity contribution is 5.77. The summed E-state index contributed by atoms with van der Waals surface area (Å²) in [5.74, 6) is 4.53. The molecule has 0 aromatic heterocycles. The third-order valence-corrected chi connectivity index (χ3v) is 0.910. The minimum absolute atomic E-state index is 0.106. The molecule has 7 N–H and O–H groups in total. The van der Waals surface area contributed by atoms with Crippen molar-refractivity contribution >= 4 is 11.9 Å². The molecule has 0 atom stereocenters. The van der Waals surface area contributed by atoms with Crippen molar-refractivity contribution in [3.05, 3.63) is 0 Å². The zero-order valence-electron chi connectivity index (χ0n) is 6.62. The molecule has 7 heteroatoms. The number of nitrogens with zero attached hydrogens (tertiary/aromatic N) is 1. The Bertz CT molecular complexity index is 169. The second-order valence-electron chi connectivity index (χ2n) is 1.93. The van der Waals surface area contributed by atoms with Gasteiger partial charge in [-0.1, -0.05) is 0 Å². The number of primary amides is 1. The average Bonchev–Trinajstić information content (AvgIpc) is 2.03. The molecule has 0 fully saturated rings. The first-order chi connectivity index (χ1) is 5.66. The lowest BCUT2D eigenvalue weighted by Crippen LogP contribution is -2.37. The third kappa shape index (κ3) is 6.78. The molecule has 0 aliphatic carbocycles. The molecule has 12 heavy (non-hydrogen) atoms. The number of hydrazine groups is 1. The minimum Gasteiger partial charge on any atom is -0.370 e. The van der Waals surface area contributed by atoms with Crippen LogP contribution < -0.4 is 22.7 Å². The highest BCUT2D eigenvalue weighted by Crippen LogP contribution is 1.75. The molecule has 0 aliphatic rings. The second kappa shape index (κ2) is 6.38. The largest absolute Gasteiger partial charge is 0.370 e. The molecule has 0 aromatic carbocycles. The van der Waals surface area contributed by atoms with Crippen LogP contribution in [0.3, 0.4) is 0 Å². The Kier molecular flexibility index (Phi) is 5.66. The van der Waals surface area contributed by atoms with Crippen LogP contribution in [0.4, 0.5) is 0 Å². The summed E-state index contributed by atoms with van der Waals surface area (Å²) < 4.78 is 4.78. The normalized spacial score (nSPS) is 11.2. The number of nitrogens with two attached hydrogens (primary N) is 3. The van der Waals surface area contributed by atoms with E-state index in [1.165, 1.54) is 0 Å². The molecular weight excluding hydrogens is 162 g/mol. The fourth-order valence-electron chi connectivity index (χ4n) is 0.449. The van der Waals surface area contributed by atoms with Gasteiger partial charge in [0.25, 0.3) is 0 Å². The summed E-state index contributed by atoms with van der Waals surface area (Å²) in [6.45, 7) is 0.514. The number of carbonyl (C=O) groups excluding carboxylic acids is 1. The summed E-state index contributed by atoms with van der Waals surface area (Å²) in [6.07, 6.45) is 0. The van der Waals surface area contributed by atoms with E-state index in [2.05, 4.69) is 10.4 Å². The van der Waals surface area contributed by atoms with E-state index < -0.39 is 5.91 Å². The van der Waals surface area contributed by atoms with Crippen molar-refractivity contribution in [2.45, 2.75) is 0 Å². The Balaban J connectivity index is 3.27. The zero-order valence-corrected chi connectivity index (χ0v) is 6.62. The molecule has 0 rings (SSSR count). The summed E-state index contributed by atoms with van der Waals surface area (Å²) in [5, 5.41) is 0. The number of hydrogen-bond donors (Lipinski definition) is 4. The van der Waals surface area contributed by atoms with E-state index in [0.717, 1.165) is 0 Å². The van der Waals surface area contributed by atoms with E-state index in [1.54, 1.807) is 0 Å². The van der Waals surface area contributed by atoms with Gasteiger partial charge in [-0.25, -0.2) is 10.8 Å². The number of carbonyl (C=O) groups is 1. The van der Waals surface area contributed by atoms with Gasteiger partial charge in [0.2, 0.25) is 11.9 Å². The zero-order chi connectivity index (χ0) is 9.40. The molecule has 0 unspecified atom stereocenters. The summed E-state index contributed by atoms with van der Waals surface area (Å²) in [6, 6.07) is 0. The van der Waals surface area contributed by atoms with E-state index in [-0.39, 0.29) is 19.2 Å². The average molecular weight is 175 g/mol. The quantitative estimate of drug-likeness (QED) is 0.118. The van der Waals surface area contributed by atoms with Crippen molar-refractivity contribution in [3.63, 3.8) is 0 Å². The van der Waals surface area contributed by atoms with Crippen molar-refractivity contribution in [1.29, 1.82) is 0 Å². The molecular formula is C5H13N5O2. The van der Waals surface area contributed by atoms with Crippen LogP contribution in [-0.4, -0.2) is 31.6 Å². The first kappa shape index (κ1) is 10.7. The fourth-order valence-corrected chi connectivity index (χ4v) is 0.449. The smallest absolute Gasteiger partial charge is 0.243 e. The molecule has 0 aromatic rings.